The lowest BCUT2D eigenvalue weighted by Crippen LogP contribution is -2.23. The minimum absolute atomic E-state index is 0. The third-order valence-electron chi connectivity index (χ3n) is 4.69. The van der Waals surface area contributed by atoms with Gasteiger partial charge in [0.25, 0.3) is 0 Å². The van der Waals surface area contributed by atoms with E-state index in [1.165, 1.54) is 18.4 Å². The molecule has 136 valence electrons. The van der Waals surface area contributed by atoms with Gasteiger partial charge in [-0.05, 0) is 42.9 Å². The van der Waals surface area contributed by atoms with E-state index in [9.17, 15) is 0 Å². The predicted octanol–water partition coefficient (Wildman–Crippen LogP) is 3.67. The van der Waals surface area contributed by atoms with Gasteiger partial charge in [-0.15, -0.1) is 34.2 Å². The van der Waals surface area contributed by atoms with Gasteiger partial charge in [0.05, 0.1) is 0 Å². The highest BCUT2D eigenvalue weighted by Crippen LogP contribution is 2.20. The van der Waals surface area contributed by atoms with E-state index in [1.54, 1.807) is 0 Å². The number of aliphatic imine (C=N–C) groups is 1. The SMILES string of the molecule is CCC(C)c1ccc(NC(N)=NCc2nnc3n2CCCC3)cc1.I. The zero-order chi connectivity index (χ0) is 16.9. The van der Waals surface area contributed by atoms with Gasteiger partial charge in [-0.3, -0.25) is 0 Å². The maximum Gasteiger partial charge on any atom is 0.193 e. The van der Waals surface area contributed by atoms with Crippen LogP contribution in [0.3, 0.4) is 0 Å². The second kappa shape index (κ2) is 9.17. The molecule has 2 heterocycles. The van der Waals surface area contributed by atoms with E-state index in [4.69, 9.17) is 5.73 Å². The van der Waals surface area contributed by atoms with Crippen LogP contribution < -0.4 is 11.1 Å². The molecule has 6 nitrogen and oxygen atoms in total. The van der Waals surface area contributed by atoms with Gasteiger partial charge in [0.2, 0.25) is 0 Å². The van der Waals surface area contributed by atoms with Crippen LogP contribution in [-0.4, -0.2) is 20.7 Å². The Labute approximate surface area is 166 Å². The van der Waals surface area contributed by atoms with Gasteiger partial charge >= 0.3 is 0 Å². The number of nitrogens with one attached hydrogen (secondary N) is 1. The maximum atomic E-state index is 6.00. The van der Waals surface area contributed by atoms with E-state index in [0.29, 0.717) is 18.4 Å². The molecule has 1 aliphatic rings. The molecule has 0 bridgehead atoms. The van der Waals surface area contributed by atoms with Crippen molar-refractivity contribution < 1.29 is 0 Å². The summed E-state index contributed by atoms with van der Waals surface area (Å²) < 4.78 is 2.17. The Bertz CT molecular complexity index is 707. The largest absolute Gasteiger partial charge is 0.370 e. The molecular formula is C18H27IN6. The van der Waals surface area contributed by atoms with E-state index in [0.717, 1.165) is 36.7 Å². The lowest BCUT2D eigenvalue weighted by atomic mass is 9.99. The smallest absolute Gasteiger partial charge is 0.193 e. The number of hydrogen-bond donors (Lipinski definition) is 2. The number of hydrogen-bond acceptors (Lipinski definition) is 3. The van der Waals surface area contributed by atoms with Crippen molar-refractivity contribution in [1.82, 2.24) is 14.8 Å². The molecule has 0 radical (unpaired) electrons. The first-order valence-electron chi connectivity index (χ1n) is 8.75. The minimum atomic E-state index is 0. The van der Waals surface area contributed by atoms with Crippen LogP contribution in [0.5, 0.6) is 0 Å². The zero-order valence-electron chi connectivity index (χ0n) is 14.9. The van der Waals surface area contributed by atoms with Gasteiger partial charge in [-0.2, -0.15) is 0 Å². The summed E-state index contributed by atoms with van der Waals surface area (Å²) in [4.78, 5) is 4.40. The second-order valence-electron chi connectivity index (χ2n) is 6.40. The summed E-state index contributed by atoms with van der Waals surface area (Å²) in [7, 11) is 0. The van der Waals surface area contributed by atoms with E-state index < -0.39 is 0 Å². The Morgan fingerprint density at radius 1 is 1.28 bits per heavy atom. The third kappa shape index (κ3) is 4.93. The summed E-state index contributed by atoms with van der Waals surface area (Å²) in [6.45, 7) is 5.87. The van der Waals surface area contributed by atoms with Crippen molar-refractivity contribution in [2.24, 2.45) is 10.7 Å². The van der Waals surface area contributed by atoms with Gasteiger partial charge in [0, 0.05) is 18.7 Å². The molecule has 0 fully saturated rings. The van der Waals surface area contributed by atoms with Gasteiger partial charge < -0.3 is 15.6 Å². The van der Waals surface area contributed by atoms with Crippen LogP contribution in [0.25, 0.3) is 0 Å². The van der Waals surface area contributed by atoms with Gasteiger partial charge in [0.15, 0.2) is 11.8 Å². The van der Waals surface area contributed by atoms with E-state index in [1.807, 2.05) is 12.1 Å². The van der Waals surface area contributed by atoms with Crippen LogP contribution in [0.15, 0.2) is 29.3 Å². The summed E-state index contributed by atoms with van der Waals surface area (Å²) in [6, 6.07) is 8.36. The molecule has 1 aromatic carbocycles. The molecule has 1 atom stereocenters. The number of fused-ring (bicyclic) bond motifs is 1. The molecule has 1 aliphatic heterocycles. The van der Waals surface area contributed by atoms with Crippen molar-refractivity contribution in [3.63, 3.8) is 0 Å². The van der Waals surface area contributed by atoms with Gasteiger partial charge in [-0.1, -0.05) is 26.0 Å². The molecular weight excluding hydrogens is 427 g/mol. The highest BCUT2D eigenvalue weighted by atomic mass is 127. The van der Waals surface area contributed by atoms with Crippen molar-refractivity contribution in [2.45, 2.75) is 58.5 Å². The molecule has 0 aliphatic carbocycles. The van der Waals surface area contributed by atoms with E-state index >= 15 is 0 Å². The molecule has 1 aromatic heterocycles. The number of halogens is 1. The second-order valence-corrected chi connectivity index (χ2v) is 6.40. The summed E-state index contributed by atoms with van der Waals surface area (Å²) in [5.41, 5.74) is 8.30. The Hall–Kier alpha value is -1.64. The van der Waals surface area contributed by atoms with Crippen LogP contribution in [0.2, 0.25) is 0 Å². The van der Waals surface area contributed by atoms with Crippen molar-refractivity contribution in [3.8, 4) is 0 Å². The van der Waals surface area contributed by atoms with Crippen LogP contribution in [0.4, 0.5) is 5.69 Å². The van der Waals surface area contributed by atoms with Gasteiger partial charge in [-0.25, -0.2) is 4.99 Å². The average molecular weight is 454 g/mol. The van der Waals surface area contributed by atoms with Crippen LogP contribution in [-0.2, 0) is 19.5 Å². The summed E-state index contributed by atoms with van der Waals surface area (Å²) >= 11 is 0. The lowest BCUT2D eigenvalue weighted by Gasteiger charge is -2.14. The highest BCUT2D eigenvalue weighted by molar-refractivity contribution is 14.0. The maximum absolute atomic E-state index is 6.00. The molecule has 0 saturated carbocycles. The Balaban J connectivity index is 0.00000225. The third-order valence-corrected chi connectivity index (χ3v) is 4.69. The molecule has 0 spiro atoms. The summed E-state index contributed by atoms with van der Waals surface area (Å²) in [5.74, 6) is 2.93. The number of aromatic nitrogens is 3. The number of nitrogens with two attached hydrogens (primary N) is 1. The topological polar surface area (TPSA) is 81.1 Å². The number of benzene rings is 1. The molecule has 3 N–H and O–H groups in total. The molecule has 2 aromatic rings. The summed E-state index contributed by atoms with van der Waals surface area (Å²) in [6.07, 6.45) is 4.52. The molecule has 1 unspecified atom stereocenters. The van der Waals surface area contributed by atoms with Gasteiger partial charge in [0.1, 0.15) is 12.4 Å². The van der Waals surface area contributed by atoms with E-state index in [2.05, 4.69) is 51.1 Å². The number of aryl methyl sites for hydroxylation is 1. The van der Waals surface area contributed by atoms with E-state index in [-0.39, 0.29) is 24.0 Å². The standard InChI is InChI=1S/C18H26N6.HI/c1-3-13(2)14-7-9-15(10-8-14)21-18(19)20-12-17-23-22-16-6-4-5-11-24(16)17;/h7-10,13H,3-6,11-12H2,1-2H3,(H3,19,20,21);1H. The average Bonchev–Trinajstić information content (AvgIpc) is 3.03. The fourth-order valence-corrected chi connectivity index (χ4v) is 2.96. The zero-order valence-corrected chi connectivity index (χ0v) is 17.2. The van der Waals surface area contributed by atoms with Crippen molar-refractivity contribution in [1.29, 1.82) is 0 Å². The molecule has 7 heteroatoms. The highest BCUT2D eigenvalue weighted by Gasteiger charge is 2.15. The minimum Gasteiger partial charge on any atom is -0.370 e. The summed E-state index contributed by atoms with van der Waals surface area (Å²) in [5, 5.41) is 11.6. The molecule has 0 amide bonds. The van der Waals surface area contributed by atoms with Crippen molar-refractivity contribution in [2.75, 3.05) is 5.32 Å². The van der Waals surface area contributed by atoms with Crippen molar-refractivity contribution >= 4 is 35.6 Å². The van der Waals surface area contributed by atoms with Crippen LogP contribution >= 0.6 is 24.0 Å². The fraction of sp³-hybridized carbons (Fsp3) is 0.500. The Kier molecular flexibility index (Phi) is 7.22. The first-order valence-corrected chi connectivity index (χ1v) is 8.75. The predicted molar refractivity (Wildman–Crippen MR) is 112 cm³/mol. The van der Waals surface area contributed by atoms with Crippen LogP contribution in [0.1, 0.15) is 56.2 Å². The number of rotatable bonds is 5. The Morgan fingerprint density at radius 2 is 2.04 bits per heavy atom. The fourth-order valence-electron chi connectivity index (χ4n) is 2.96. The lowest BCUT2D eigenvalue weighted by molar-refractivity contribution is 0.508. The first-order chi connectivity index (χ1) is 11.7. The molecule has 0 saturated heterocycles. The first kappa shape index (κ1) is 19.7. The number of nitrogens with zero attached hydrogens (tertiary/aromatic N) is 4. The Morgan fingerprint density at radius 3 is 2.76 bits per heavy atom. The number of anilines is 1. The molecule has 3 rings (SSSR count). The normalized spacial score (nSPS) is 15.2. The van der Waals surface area contributed by atoms with Crippen molar-refractivity contribution in [3.05, 3.63) is 41.5 Å². The number of guanidine groups is 1. The molecule has 25 heavy (non-hydrogen) atoms. The monoisotopic (exact) mass is 454 g/mol. The quantitative estimate of drug-likeness (QED) is 0.411. The van der Waals surface area contributed by atoms with Crippen LogP contribution in [0, 0.1) is 0 Å².